The molecule has 0 saturated carbocycles. The molecular formula is C8H15NO2S. The van der Waals surface area contributed by atoms with E-state index in [1.54, 1.807) is 11.8 Å². The van der Waals surface area contributed by atoms with Crippen LogP contribution in [0.1, 0.15) is 0 Å². The largest absolute Gasteiger partial charge is 0.394 e. The molecule has 3 N–H and O–H groups in total. The fraction of sp³-hybridized carbons (Fsp3) is 0.750. The highest BCUT2D eigenvalue weighted by Crippen LogP contribution is 1.94. The SMILES string of the molecule is C#CCSCCNCC(O)CO. The summed E-state index contributed by atoms with van der Waals surface area (Å²) in [6.45, 7) is 1.06. The monoisotopic (exact) mass is 189 g/mol. The molecule has 0 saturated heterocycles. The number of aliphatic hydroxyl groups is 2. The predicted molar refractivity (Wildman–Crippen MR) is 52.1 cm³/mol. The van der Waals surface area contributed by atoms with Crippen molar-refractivity contribution < 1.29 is 10.2 Å². The number of aliphatic hydroxyl groups excluding tert-OH is 2. The third kappa shape index (κ3) is 7.89. The lowest BCUT2D eigenvalue weighted by molar-refractivity contribution is 0.0950. The van der Waals surface area contributed by atoms with Gasteiger partial charge < -0.3 is 15.5 Å². The first-order valence-electron chi connectivity index (χ1n) is 3.82. The van der Waals surface area contributed by atoms with E-state index in [1.807, 2.05) is 0 Å². The molecule has 0 bridgehead atoms. The van der Waals surface area contributed by atoms with Crippen molar-refractivity contribution in [3.05, 3.63) is 0 Å². The molecule has 0 aliphatic heterocycles. The Kier molecular flexibility index (Phi) is 8.73. The zero-order valence-corrected chi connectivity index (χ0v) is 7.81. The molecule has 12 heavy (non-hydrogen) atoms. The van der Waals surface area contributed by atoms with Crippen molar-refractivity contribution >= 4 is 11.8 Å². The van der Waals surface area contributed by atoms with E-state index in [0.29, 0.717) is 6.54 Å². The van der Waals surface area contributed by atoms with Gasteiger partial charge in [-0.3, -0.25) is 0 Å². The molecule has 0 aromatic heterocycles. The smallest absolute Gasteiger partial charge is 0.0894 e. The quantitative estimate of drug-likeness (QED) is 0.366. The molecule has 3 nitrogen and oxygen atoms in total. The summed E-state index contributed by atoms with van der Waals surface area (Å²) < 4.78 is 0. The maximum Gasteiger partial charge on any atom is 0.0894 e. The minimum Gasteiger partial charge on any atom is -0.394 e. The fourth-order valence-corrected chi connectivity index (χ4v) is 1.16. The topological polar surface area (TPSA) is 52.5 Å². The number of hydrogen-bond acceptors (Lipinski definition) is 4. The second-order valence-electron chi connectivity index (χ2n) is 2.30. The molecule has 0 aliphatic rings. The number of terminal acetylenes is 1. The summed E-state index contributed by atoms with van der Waals surface area (Å²) in [5.41, 5.74) is 0. The summed E-state index contributed by atoms with van der Waals surface area (Å²) >= 11 is 1.67. The summed E-state index contributed by atoms with van der Waals surface area (Å²) in [7, 11) is 0. The molecular weight excluding hydrogens is 174 g/mol. The van der Waals surface area contributed by atoms with E-state index < -0.39 is 6.10 Å². The average molecular weight is 189 g/mol. The van der Waals surface area contributed by atoms with E-state index in [4.69, 9.17) is 16.6 Å². The van der Waals surface area contributed by atoms with Gasteiger partial charge in [-0.2, -0.15) is 0 Å². The summed E-state index contributed by atoms with van der Waals surface area (Å²) in [5.74, 6) is 4.18. The lowest BCUT2D eigenvalue weighted by atomic mass is 10.4. The van der Waals surface area contributed by atoms with Crippen LogP contribution < -0.4 is 5.32 Å². The first-order chi connectivity index (χ1) is 5.81. The zero-order valence-electron chi connectivity index (χ0n) is 6.99. The Morgan fingerprint density at radius 3 is 2.92 bits per heavy atom. The van der Waals surface area contributed by atoms with Crippen LogP contribution in [0.3, 0.4) is 0 Å². The minimum absolute atomic E-state index is 0.190. The second kappa shape index (κ2) is 8.88. The van der Waals surface area contributed by atoms with Crippen LogP contribution in [0.2, 0.25) is 0 Å². The van der Waals surface area contributed by atoms with Crippen LogP contribution in [0.15, 0.2) is 0 Å². The Bertz CT molecular complexity index is 136. The highest BCUT2D eigenvalue weighted by molar-refractivity contribution is 7.99. The molecule has 0 aromatic rings. The summed E-state index contributed by atoms with van der Waals surface area (Å²) in [6, 6.07) is 0. The molecule has 0 amide bonds. The van der Waals surface area contributed by atoms with Crippen molar-refractivity contribution in [3.8, 4) is 12.3 Å². The fourth-order valence-electron chi connectivity index (χ4n) is 0.609. The van der Waals surface area contributed by atoms with E-state index in [9.17, 15) is 0 Å². The maximum atomic E-state index is 8.91. The highest BCUT2D eigenvalue weighted by atomic mass is 32.2. The predicted octanol–water partition coefficient (Wildman–Crippen LogP) is -0.704. The molecule has 0 spiro atoms. The molecule has 0 heterocycles. The van der Waals surface area contributed by atoms with Crippen molar-refractivity contribution in [3.63, 3.8) is 0 Å². The van der Waals surface area contributed by atoms with Gasteiger partial charge >= 0.3 is 0 Å². The summed E-state index contributed by atoms with van der Waals surface area (Å²) in [4.78, 5) is 0. The van der Waals surface area contributed by atoms with Gasteiger partial charge in [0, 0.05) is 18.8 Å². The standard InChI is InChI=1S/C8H15NO2S/c1-2-4-12-5-3-9-6-8(11)7-10/h1,8-11H,3-7H2. The van der Waals surface area contributed by atoms with Gasteiger partial charge in [-0.05, 0) is 0 Å². The normalized spacial score (nSPS) is 12.4. The van der Waals surface area contributed by atoms with Gasteiger partial charge in [-0.25, -0.2) is 0 Å². The average Bonchev–Trinajstić information content (AvgIpc) is 2.10. The molecule has 1 unspecified atom stereocenters. The van der Waals surface area contributed by atoms with Crippen molar-refractivity contribution in [1.29, 1.82) is 0 Å². The van der Waals surface area contributed by atoms with Crippen LogP contribution in [0.25, 0.3) is 0 Å². The Hall–Kier alpha value is -0.210. The molecule has 1 atom stereocenters. The van der Waals surface area contributed by atoms with Crippen molar-refractivity contribution in [2.75, 3.05) is 31.2 Å². The summed E-state index contributed by atoms with van der Waals surface area (Å²) in [5, 5.41) is 20.4. The Morgan fingerprint density at radius 1 is 1.58 bits per heavy atom. The van der Waals surface area contributed by atoms with Crippen molar-refractivity contribution in [1.82, 2.24) is 5.32 Å². The highest BCUT2D eigenvalue weighted by Gasteiger charge is 1.98. The van der Waals surface area contributed by atoms with Gasteiger partial charge in [0.25, 0.3) is 0 Å². The molecule has 0 aliphatic carbocycles. The Morgan fingerprint density at radius 2 is 2.33 bits per heavy atom. The number of rotatable bonds is 7. The zero-order chi connectivity index (χ0) is 9.23. The number of nitrogens with one attached hydrogen (secondary N) is 1. The Balaban J connectivity index is 2.96. The minimum atomic E-state index is -0.650. The maximum absolute atomic E-state index is 8.91. The van der Waals surface area contributed by atoms with E-state index in [2.05, 4.69) is 11.2 Å². The Labute approximate surface area is 77.6 Å². The number of thioether (sulfide) groups is 1. The van der Waals surface area contributed by atoms with Gasteiger partial charge in [-0.1, -0.05) is 5.92 Å². The van der Waals surface area contributed by atoms with E-state index in [0.717, 1.165) is 18.1 Å². The molecule has 0 radical (unpaired) electrons. The molecule has 0 fully saturated rings. The van der Waals surface area contributed by atoms with Crippen LogP contribution in [-0.4, -0.2) is 47.5 Å². The lowest BCUT2D eigenvalue weighted by Crippen LogP contribution is -2.30. The van der Waals surface area contributed by atoms with Gasteiger partial charge in [0.2, 0.25) is 0 Å². The van der Waals surface area contributed by atoms with Crippen LogP contribution >= 0.6 is 11.8 Å². The van der Waals surface area contributed by atoms with Crippen LogP contribution in [0.5, 0.6) is 0 Å². The number of hydrogen-bond donors (Lipinski definition) is 3. The molecule has 0 aromatic carbocycles. The van der Waals surface area contributed by atoms with E-state index >= 15 is 0 Å². The van der Waals surface area contributed by atoms with E-state index in [-0.39, 0.29) is 6.61 Å². The van der Waals surface area contributed by atoms with Crippen molar-refractivity contribution in [2.24, 2.45) is 0 Å². The van der Waals surface area contributed by atoms with Gasteiger partial charge in [0.05, 0.1) is 18.5 Å². The summed E-state index contributed by atoms with van der Waals surface area (Å²) in [6.07, 6.45) is 4.40. The van der Waals surface area contributed by atoms with E-state index in [1.165, 1.54) is 0 Å². The molecule has 0 rings (SSSR count). The first-order valence-corrected chi connectivity index (χ1v) is 4.97. The third-order valence-electron chi connectivity index (χ3n) is 1.20. The molecule has 70 valence electrons. The van der Waals surface area contributed by atoms with Crippen LogP contribution in [0, 0.1) is 12.3 Å². The van der Waals surface area contributed by atoms with Gasteiger partial charge in [-0.15, -0.1) is 18.2 Å². The van der Waals surface area contributed by atoms with Gasteiger partial charge in [0.1, 0.15) is 0 Å². The van der Waals surface area contributed by atoms with Crippen molar-refractivity contribution in [2.45, 2.75) is 6.10 Å². The lowest BCUT2D eigenvalue weighted by Gasteiger charge is -2.07. The van der Waals surface area contributed by atoms with Crippen LogP contribution in [0.4, 0.5) is 0 Å². The van der Waals surface area contributed by atoms with Gasteiger partial charge in [0.15, 0.2) is 0 Å². The second-order valence-corrected chi connectivity index (χ2v) is 3.40. The first kappa shape index (κ1) is 11.8. The molecule has 4 heteroatoms. The van der Waals surface area contributed by atoms with Crippen LogP contribution in [-0.2, 0) is 0 Å². The third-order valence-corrected chi connectivity index (χ3v) is 2.06.